The summed E-state index contributed by atoms with van der Waals surface area (Å²) < 4.78 is 10.7. The number of aryl methyl sites for hydroxylation is 2. The topological polar surface area (TPSA) is 79.0 Å². The zero-order valence-corrected chi connectivity index (χ0v) is 17.4. The summed E-state index contributed by atoms with van der Waals surface area (Å²) in [5, 5.41) is 17.2. The molecule has 0 radical (unpaired) electrons. The van der Waals surface area contributed by atoms with Crippen LogP contribution in [0.4, 0.5) is 0 Å². The van der Waals surface area contributed by atoms with Crippen LogP contribution in [0.3, 0.4) is 0 Å². The third-order valence-electron chi connectivity index (χ3n) is 4.50. The molecule has 0 spiro atoms. The van der Waals surface area contributed by atoms with Crippen molar-refractivity contribution in [2.45, 2.75) is 45.6 Å². The first-order chi connectivity index (χ1) is 13.4. The molecule has 1 heterocycles. The standard InChI is InChI=1S/C22H33N3O3/c1-5-23-21(25-16-22(3,26)20-14-9-17(2)28-20)24-15-7-6-8-18-10-12-19(27-4)13-11-18/h9-14,26H,5-8,15-16H2,1-4H3,(H2,23,24,25). The predicted molar refractivity (Wildman–Crippen MR) is 113 cm³/mol. The van der Waals surface area contributed by atoms with E-state index in [0.717, 1.165) is 43.9 Å². The SMILES string of the molecule is CCNC(=NCC(C)(O)c1ccc(C)o1)NCCCCc1ccc(OC)cc1. The number of hydrogen-bond donors (Lipinski definition) is 3. The van der Waals surface area contributed by atoms with Gasteiger partial charge in [-0.1, -0.05) is 12.1 Å². The number of methoxy groups -OCH3 is 1. The van der Waals surface area contributed by atoms with Crippen LogP contribution in [-0.4, -0.2) is 37.8 Å². The van der Waals surface area contributed by atoms with Gasteiger partial charge in [0.2, 0.25) is 0 Å². The van der Waals surface area contributed by atoms with Crippen LogP contribution in [0.1, 0.15) is 43.8 Å². The quantitative estimate of drug-likeness (QED) is 0.331. The highest BCUT2D eigenvalue weighted by molar-refractivity contribution is 5.79. The molecular formula is C22H33N3O3. The van der Waals surface area contributed by atoms with E-state index in [1.807, 2.05) is 32.0 Å². The van der Waals surface area contributed by atoms with E-state index in [-0.39, 0.29) is 6.54 Å². The van der Waals surface area contributed by atoms with Crippen molar-refractivity contribution in [3.63, 3.8) is 0 Å². The van der Waals surface area contributed by atoms with Crippen LogP contribution < -0.4 is 15.4 Å². The van der Waals surface area contributed by atoms with Gasteiger partial charge >= 0.3 is 0 Å². The van der Waals surface area contributed by atoms with Gasteiger partial charge in [0, 0.05) is 13.1 Å². The van der Waals surface area contributed by atoms with Gasteiger partial charge in [-0.2, -0.15) is 0 Å². The molecule has 0 saturated carbocycles. The molecule has 0 bridgehead atoms. The third kappa shape index (κ3) is 6.93. The van der Waals surface area contributed by atoms with Crippen LogP contribution in [-0.2, 0) is 12.0 Å². The number of nitrogens with zero attached hydrogens (tertiary/aromatic N) is 1. The van der Waals surface area contributed by atoms with Gasteiger partial charge in [0.05, 0.1) is 13.7 Å². The van der Waals surface area contributed by atoms with E-state index < -0.39 is 5.60 Å². The van der Waals surface area contributed by atoms with Crippen LogP contribution in [0, 0.1) is 6.92 Å². The molecule has 2 rings (SSSR count). The second-order valence-corrected chi connectivity index (χ2v) is 7.11. The molecule has 0 aliphatic rings. The van der Waals surface area contributed by atoms with Crippen LogP contribution in [0.2, 0.25) is 0 Å². The summed E-state index contributed by atoms with van der Waals surface area (Å²) in [6.07, 6.45) is 3.15. The number of unbranched alkanes of at least 4 members (excludes halogenated alkanes) is 1. The maximum absolute atomic E-state index is 10.6. The summed E-state index contributed by atoms with van der Waals surface area (Å²) in [5.41, 5.74) is 0.177. The summed E-state index contributed by atoms with van der Waals surface area (Å²) in [6.45, 7) is 7.41. The van der Waals surface area contributed by atoms with Crippen molar-refractivity contribution < 1.29 is 14.3 Å². The van der Waals surface area contributed by atoms with E-state index in [4.69, 9.17) is 9.15 Å². The molecule has 0 fully saturated rings. The van der Waals surface area contributed by atoms with E-state index in [2.05, 4.69) is 27.8 Å². The Kier molecular flexibility index (Phi) is 8.39. The monoisotopic (exact) mass is 387 g/mol. The Hall–Kier alpha value is -2.47. The molecule has 6 nitrogen and oxygen atoms in total. The summed E-state index contributed by atoms with van der Waals surface area (Å²) in [4.78, 5) is 4.52. The zero-order valence-electron chi connectivity index (χ0n) is 17.4. The maximum Gasteiger partial charge on any atom is 0.191 e. The van der Waals surface area contributed by atoms with Gasteiger partial charge in [0.1, 0.15) is 22.9 Å². The first-order valence-corrected chi connectivity index (χ1v) is 9.89. The molecule has 0 aliphatic carbocycles. The van der Waals surface area contributed by atoms with E-state index >= 15 is 0 Å². The van der Waals surface area contributed by atoms with Crippen molar-refractivity contribution in [2.24, 2.45) is 4.99 Å². The fourth-order valence-electron chi connectivity index (χ4n) is 2.83. The van der Waals surface area contributed by atoms with Gasteiger partial charge in [-0.25, -0.2) is 4.99 Å². The van der Waals surface area contributed by atoms with Crippen molar-refractivity contribution in [3.05, 3.63) is 53.5 Å². The Morgan fingerprint density at radius 3 is 2.50 bits per heavy atom. The van der Waals surface area contributed by atoms with E-state index in [0.29, 0.717) is 11.7 Å². The van der Waals surface area contributed by atoms with Gasteiger partial charge in [0.15, 0.2) is 5.96 Å². The van der Waals surface area contributed by atoms with Crippen molar-refractivity contribution in [1.82, 2.24) is 10.6 Å². The van der Waals surface area contributed by atoms with Gasteiger partial charge in [-0.15, -0.1) is 0 Å². The summed E-state index contributed by atoms with van der Waals surface area (Å²) in [5.74, 6) is 2.90. The average Bonchev–Trinajstić information content (AvgIpc) is 3.13. The van der Waals surface area contributed by atoms with Crippen LogP contribution in [0.15, 0.2) is 45.8 Å². The molecule has 0 amide bonds. The van der Waals surface area contributed by atoms with E-state index in [9.17, 15) is 5.11 Å². The molecule has 1 aromatic heterocycles. The molecule has 0 aliphatic heterocycles. The minimum absolute atomic E-state index is 0.223. The molecule has 1 aromatic carbocycles. The van der Waals surface area contributed by atoms with Crippen molar-refractivity contribution in [2.75, 3.05) is 26.7 Å². The van der Waals surface area contributed by atoms with Gasteiger partial charge in [0.25, 0.3) is 0 Å². The molecule has 2 aromatic rings. The third-order valence-corrected chi connectivity index (χ3v) is 4.50. The minimum Gasteiger partial charge on any atom is -0.497 e. The second-order valence-electron chi connectivity index (χ2n) is 7.11. The lowest BCUT2D eigenvalue weighted by molar-refractivity contribution is 0.0428. The van der Waals surface area contributed by atoms with Gasteiger partial charge in [-0.3, -0.25) is 0 Å². The number of aliphatic imine (C=N–C) groups is 1. The maximum atomic E-state index is 10.6. The molecule has 1 unspecified atom stereocenters. The van der Waals surface area contributed by atoms with Crippen LogP contribution in [0.5, 0.6) is 5.75 Å². The Bertz CT molecular complexity index is 736. The number of nitrogens with one attached hydrogen (secondary N) is 2. The Morgan fingerprint density at radius 1 is 1.14 bits per heavy atom. The van der Waals surface area contributed by atoms with Crippen molar-refractivity contribution >= 4 is 5.96 Å². The smallest absolute Gasteiger partial charge is 0.191 e. The molecule has 0 saturated heterocycles. The Morgan fingerprint density at radius 2 is 1.89 bits per heavy atom. The first-order valence-electron chi connectivity index (χ1n) is 9.89. The second kappa shape index (κ2) is 10.8. The number of aliphatic hydroxyl groups is 1. The highest BCUT2D eigenvalue weighted by Gasteiger charge is 2.26. The van der Waals surface area contributed by atoms with Crippen LogP contribution >= 0.6 is 0 Å². The van der Waals surface area contributed by atoms with Crippen molar-refractivity contribution in [3.8, 4) is 5.75 Å². The molecular weight excluding hydrogens is 354 g/mol. The lowest BCUT2D eigenvalue weighted by Gasteiger charge is -2.19. The Labute approximate surface area is 168 Å². The predicted octanol–water partition coefficient (Wildman–Crippen LogP) is 3.38. The highest BCUT2D eigenvalue weighted by atomic mass is 16.5. The molecule has 154 valence electrons. The fourth-order valence-corrected chi connectivity index (χ4v) is 2.83. The summed E-state index contributed by atoms with van der Waals surface area (Å²) >= 11 is 0. The van der Waals surface area contributed by atoms with E-state index in [1.54, 1.807) is 20.1 Å². The minimum atomic E-state index is -1.13. The first kappa shape index (κ1) is 21.8. The lowest BCUT2D eigenvalue weighted by atomic mass is 10.0. The average molecular weight is 388 g/mol. The number of rotatable bonds is 10. The molecule has 6 heteroatoms. The molecule has 3 N–H and O–H groups in total. The van der Waals surface area contributed by atoms with Gasteiger partial charge in [-0.05, 0) is 69.9 Å². The fraction of sp³-hybridized carbons (Fsp3) is 0.500. The normalized spacial score (nSPS) is 13.8. The summed E-state index contributed by atoms with van der Waals surface area (Å²) in [6, 6.07) is 11.8. The number of guanidine groups is 1. The largest absolute Gasteiger partial charge is 0.497 e. The lowest BCUT2D eigenvalue weighted by Crippen LogP contribution is -2.39. The molecule has 28 heavy (non-hydrogen) atoms. The summed E-state index contributed by atoms with van der Waals surface area (Å²) in [7, 11) is 1.68. The van der Waals surface area contributed by atoms with E-state index in [1.165, 1.54) is 5.56 Å². The zero-order chi connectivity index (χ0) is 20.4. The number of benzene rings is 1. The number of ether oxygens (including phenoxy) is 1. The number of hydrogen-bond acceptors (Lipinski definition) is 4. The van der Waals surface area contributed by atoms with Crippen LogP contribution in [0.25, 0.3) is 0 Å². The number of furan rings is 1. The van der Waals surface area contributed by atoms with Crippen molar-refractivity contribution in [1.29, 1.82) is 0 Å². The highest BCUT2D eigenvalue weighted by Crippen LogP contribution is 2.23. The molecule has 1 atom stereocenters. The van der Waals surface area contributed by atoms with Gasteiger partial charge < -0.3 is 24.9 Å². The Balaban J connectivity index is 1.77.